The van der Waals surface area contributed by atoms with Gasteiger partial charge in [-0.05, 0) is 68.1 Å². The number of hydrogen-bond acceptors (Lipinski definition) is 3. The minimum Gasteiger partial charge on any atom is -0.248 e. The van der Waals surface area contributed by atoms with Crippen LogP contribution in [-0.2, 0) is 0 Å². The van der Waals surface area contributed by atoms with Gasteiger partial charge in [0.1, 0.15) is 0 Å². The normalized spacial score (nSPS) is 11.3. The molecule has 252 valence electrons. The molecule has 54 heavy (non-hydrogen) atoms. The van der Waals surface area contributed by atoms with E-state index in [1.807, 2.05) is 36.4 Å². The van der Waals surface area contributed by atoms with E-state index in [0.717, 1.165) is 61.4 Å². The van der Waals surface area contributed by atoms with Crippen molar-refractivity contribution >= 4 is 32.4 Å². The van der Waals surface area contributed by atoms with Crippen molar-refractivity contribution < 1.29 is 0 Å². The Hall–Kier alpha value is -7.23. The molecule has 0 unspecified atom stereocenters. The van der Waals surface area contributed by atoms with Crippen LogP contribution in [0.4, 0.5) is 0 Å². The molecule has 0 aliphatic heterocycles. The molecule has 0 amide bonds. The molecule has 2 heterocycles. The lowest BCUT2D eigenvalue weighted by Crippen LogP contribution is -1.96. The lowest BCUT2D eigenvalue weighted by Gasteiger charge is -2.15. The van der Waals surface area contributed by atoms with Gasteiger partial charge in [0, 0.05) is 27.6 Å². The van der Waals surface area contributed by atoms with Gasteiger partial charge in [-0.1, -0.05) is 176 Å². The number of hydrogen-bond donors (Lipinski definition) is 0. The molecule has 3 nitrogen and oxygen atoms in total. The van der Waals surface area contributed by atoms with Gasteiger partial charge in [0.05, 0.1) is 22.6 Å². The summed E-state index contributed by atoms with van der Waals surface area (Å²) in [6, 6.07) is 70.5. The molecule has 0 atom stereocenters. The third-order valence-electron chi connectivity index (χ3n) is 10.3. The van der Waals surface area contributed by atoms with Crippen molar-refractivity contribution in [2.24, 2.45) is 0 Å². The van der Waals surface area contributed by atoms with Gasteiger partial charge in [-0.3, -0.25) is 0 Å². The molecule has 2 aromatic heterocycles. The SMILES string of the molecule is c1ccc(-c2cc(-c3ccc(-c4cc(-c5cccc6ccccc56)nc5ccc(-c6cccc7ccccc67)cc45)cc3)nc(-c3ccccc3)n2)cc1. The Labute approximate surface area is 313 Å². The van der Waals surface area contributed by atoms with Crippen molar-refractivity contribution in [3.05, 3.63) is 200 Å². The van der Waals surface area contributed by atoms with Crippen molar-refractivity contribution in [1.29, 1.82) is 0 Å². The highest BCUT2D eigenvalue weighted by Gasteiger charge is 2.15. The van der Waals surface area contributed by atoms with Gasteiger partial charge < -0.3 is 0 Å². The van der Waals surface area contributed by atoms with Crippen LogP contribution >= 0.6 is 0 Å². The highest BCUT2D eigenvalue weighted by Crippen LogP contribution is 2.39. The summed E-state index contributed by atoms with van der Waals surface area (Å²) in [5.74, 6) is 0.705. The molecule has 10 aromatic rings. The Kier molecular flexibility index (Phi) is 7.81. The van der Waals surface area contributed by atoms with Crippen molar-refractivity contribution in [3.63, 3.8) is 0 Å². The Bertz CT molecular complexity index is 2900. The van der Waals surface area contributed by atoms with E-state index in [4.69, 9.17) is 15.0 Å². The molecule has 0 aliphatic rings. The van der Waals surface area contributed by atoms with Gasteiger partial charge in [-0.25, -0.2) is 15.0 Å². The zero-order valence-corrected chi connectivity index (χ0v) is 29.4. The third kappa shape index (κ3) is 5.78. The molecule has 0 fully saturated rings. The lowest BCUT2D eigenvalue weighted by atomic mass is 9.92. The van der Waals surface area contributed by atoms with Gasteiger partial charge >= 0.3 is 0 Å². The molecular weight excluding hydrogens is 655 g/mol. The van der Waals surface area contributed by atoms with Crippen LogP contribution in [0.25, 0.3) is 99.9 Å². The predicted octanol–water partition coefficient (Wildman–Crippen LogP) is 13.3. The molecule has 0 radical (unpaired) electrons. The maximum Gasteiger partial charge on any atom is 0.160 e. The predicted molar refractivity (Wildman–Crippen MR) is 225 cm³/mol. The summed E-state index contributed by atoms with van der Waals surface area (Å²) < 4.78 is 0. The second kappa shape index (κ2) is 13.4. The maximum absolute atomic E-state index is 5.30. The van der Waals surface area contributed by atoms with Gasteiger partial charge in [0.25, 0.3) is 0 Å². The highest BCUT2D eigenvalue weighted by molar-refractivity contribution is 6.04. The first kappa shape index (κ1) is 31.5. The number of pyridine rings is 1. The van der Waals surface area contributed by atoms with E-state index < -0.39 is 0 Å². The van der Waals surface area contributed by atoms with E-state index in [2.05, 4.69) is 164 Å². The Morgan fingerprint density at radius 2 is 0.778 bits per heavy atom. The van der Waals surface area contributed by atoms with E-state index >= 15 is 0 Å². The quantitative estimate of drug-likeness (QED) is 0.175. The third-order valence-corrected chi connectivity index (χ3v) is 10.3. The first-order valence-electron chi connectivity index (χ1n) is 18.3. The number of nitrogens with zero attached hydrogens (tertiary/aromatic N) is 3. The largest absolute Gasteiger partial charge is 0.248 e. The van der Waals surface area contributed by atoms with Crippen molar-refractivity contribution in [2.75, 3.05) is 0 Å². The molecule has 0 bridgehead atoms. The summed E-state index contributed by atoms with van der Waals surface area (Å²) in [5.41, 5.74) is 12.5. The van der Waals surface area contributed by atoms with Crippen LogP contribution in [0, 0.1) is 0 Å². The van der Waals surface area contributed by atoms with E-state index in [9.17, 15) is 0 Å². The first-order chi connectivity index (χ1) is 26.7. The van der Waals surface area contributed by atoms with Crippen LogP contribution in [0.2, 0.25) is 0 Å². The minimum atomic E-state index is 0.705. The van der Waals surface area contributed by atoms with Gasteiger partial charge in [-0.15, -0.1) is 0 Å². The molecule has 0 saturated heterocycles. The van der Waals surface area contributed by atoms with Crippen molar-refractivity contribution in [2.45, 2.75) is 0 Å². The van der Waals surface area contributed by atoms with Crippen LogP contribution in [0.3, 0.4) is 0 Å². The minimum absolute atomic E-state index is 0.705. The molecule has 0 spiro atoms. The first-order valence-corrected chi connectivity index (χ1v) is 18.3. The molecule has 10 rings (SSSR count). The van der Waals surface area contributed by atoms with Crippen LogP contribution in [0.5, 0.6) is 0 Å². The average molecular weight is 688 g/mol. The molecule has 8 aromatic carbocycles. The molecule has 3 heteroatoms. The smallest absolute Gasteiger partial charge is 0.160 e. The summed E-state index contributed by atoms with van der Waals surface area (Å²) in [6.45, 7) is 0. The highest BCUT2D eigenvalue weighted by atomic mass is 14.9. The summed E-state index contributed by atoms with van der Waals surface area (Å²) in [5, 5.41) is 5.96. The monoisotopic (exact) mass is 687 g/mol. The Morgan fingerprint density at radius 3 is 1.46 bits per heavy atom. The van der Waals surface area contributed by atoms with Gasteiger partial charge in [0.15, 0.2) is 5.82 Å². The second-order valence-corrected chi connectivity index (χ2v) is 13.6. The summed E-state index contributed by atoms with van der Waals surface area (Å²) >= 11 is 0. The fourth-order valence-electron chi connectivity index (χ4n) is 7.58. The molecule has 0 aliphatic carbocycles. The summed E-state index contributed by atoms with van der Waals surface area (Å²) in [4.78, 5) is 15.4. The Balaban J connectivity index is 1.14. The van der Waals surface area contributed by atoms with Crippen LogP contribution < -0.4 is 0 Å². The number of benzene rings is 8. The fourth-order valence-corrected chi connectivity index (χ4v) is 7.58. The van der Waals surface area contributed by atoms with Crippen molar-refractivity contribution in [3.8, 4) is 67.4 Å². The second-order valence-electron chi connectivity index (χ2n) is 13.6. The van der Waals surface area contributed by atoms with Crippen LogP contribution in [0.1, 0.15) is 0 Å². The number of fused-ring (bicyclic) bond motifs is 3. The van der Waals surface area contributed by atoms with Crippen LogP contribution in [-0.4, -0.2) is 15.0 Å². The fraction of sp³-hybridized carbons (Fsp3) is 0. The lowest BCUT2D eigenvalue weighted by molar-refractivity contribution is 1.18. The molecule has 0 N–H and O–H groups in total. The number of aromatic nitrogens is 3. The van der Waals surface area contributed by atoms with Crippen LogP contribution in [0.15, 0.2) is 200 Å². The summed E-state index contributed by atoms with van der Waals surface area (Å²) in [7, 11) is 0. The molecular formula is C51H33N3. The standard InChI is InChI=1S/C51H33N3/c1-3-15-37(16-4-1)48-33-49(54-51(53-48)39-17-5-2-6-18-39)38-27-25-36(26-28-38)45-32-50(44-24-12-20-35-14-8-10-22-42(35)44)52-47-30-29-40(31-46(45)47)43-23-11-19-34-13-7-9-21-41(34)43/h1-33H. The van der Waals surface area contributed by atoms with E-state index in [0.29, 0.717) is 5.82 Å². The molecule has 0 saturated carbocycles. The zero-order chi connectivity index (χ0) is 35.8. The number of rotatable bonds is 6. The van der Waals surface area contributed by atoms with E-state index in [1.54, 1.807) is 0 Å². The van der Waals surface area contributed by atoms with Gasteiger partial charge in [0.2, 0.25) is 0 Å². The maximum atomic E-state index is 5.30. The van der Waals surface area contributed by atoms with E-state index in [1.165, 1.54) is 32.7 Å². The van der Waals surface area contributed by atoms with Gasteiger partial charge in [-0.2, -0.15) is 0 Å². The Morgan fingerprint density at radius 1 is 0.259 bits per heavy atom. The topological polar surface area (TPSA) is 38.7 Å². The van der Waals surface area contributed by atoms with E-state index in [-0.39, 0.29) is 0 Å². The zero-order valence-electron chi connectivity index (χ0n) is 29.4. The summed E-state index contributed by atoms with van der Waals surface area (Å²) in [6.07, 6.45) is 0. The average Bonchev–Trinajstić information content (AvgIpc) is 3.26. The van der Waals surface area contributed by atoms with Crippen molar-refractivity contribution in [1.82, 2.24) is 15.0 Å².